The number of benzene rings is 1. The van der Waals surface area contributed by atoms with Crippen molar-refractivity contribution in [1.29, 1.82) is 0 Å². The summed E-state index contributed by atoms with van der Waals surface area (Å²) in [7, 11) is 0. The molecule has 1 aromatic carbocycles. The van der Waals surface area contributed by atoms with Crippen LogP contribution in [0.2, 0.25) is 0 Å². The molecule has 2 atom stereocenters. The first-order chi connectivity index (χ1) is 9.01. The zero-order valence-electron chi connectivity index (χ0n) is 11.9. The van der Waals surface area contributed by atoms with Crippen molar-refractivity contribution in [3.63, 3.8) is 0 Å². The Morgan fingerprint density at radius 1 is 1.32 bits per heavy atom. The van der Waals surface area contributed by atoms with E-state index in [9.17, 15) is 4.79 Å². The standard InChI is InChI=1S/C15H24N2O2/c1-4-14(17-15(19)16-10-12(3)18)9-13-7-5-11(2)6-8-13/h5-8,12,14,18H,4,9-10H2,1-3H3,(H2,16,17,19)/t12-,14+/m0/s1. The number of aliphatic hydroxyl groups excluding tert-OH is 1. The quantitative estimate of drug-likeness (QED) is 0.736. The molecule has 0 heterocycles. The van der Waals surface area contributed by atoms with Crippen molar-refractivity contribution in [3.05, 3.63) is 35.4 Å². The third-order valence-corrected chi connectivity index (χ3v) is 2.99. The van der Waals surface area contributed by atoms with Crippen molar-refractivity contribution in [1.82, 2.24) is 10.6 Å². The fourth-order valence-corrected chi connectivity index (χ4v) is 1.78. The molecule has 0 saturated carbocycles. The second-order valence-electron chi connectivity index (χ2n) is 5.00. The third-order valence-electron chi connectivity index (χ3n) is 2.99. The van der Waals surface area contributed by atoms with E-state index in [1.54, 1.807) is 6.92 Å². The van der Waals surface area contributed by atoms with Gasteiger partial charge in [0.1, 0.15) is 0 Å². The van der Waals surface area contributed by atoms with Gasteiger partial charge in [0, 0.05) is 12.6 Å². The zero-order chi connectivity index (χ0) is 14.3. The Hall–Kier alpha value is -1.55. The number of urea groups is 1. The molecule has 106 valence electrons. The average molecular weight is 264 g/mol. The highest BCUT2D eigenvalue weighted by Gasteiger charge is 2.11. The molecule has 0 spiro atoms. The lowest BCUT2D eigenvalue weighted by molar-refractivity contribution is 0.186. The molecule has 0 bridgehead atoms. The van der Waals surface area contributed by atoms with Crippen molar-refractivity contribution in [2.24, 2.45) is 0 Å². The smallest absolute Gasteiger partial charge is 0.315 e. The highest BCUT2D eigenvalue weighted by Crippen LogP contribution is 2.07. The molecule has 0 aliphatic heterocycles. The van der Waals surface area contributed by atoms with Gasteiger partial charge >= 0.3 is 6.03 Å². The predicted molar refractivity (Wildman–Crippen MR) is 77.2 cm³/mol. The number of hydrogen-bond acceptors (Lipinski definition) is 2. The first-order valence-electron chi connectivity index (χ1n) is 6.79. The maximum atomic E-state index is 11.6. The molecular weight excluding hydrogens is 240 g/mol. The Morgan fingerprint density at radius 2 is 1.95 bits per heavy atom. The summed E-state index contributed by atoms with van der Waals surface area (Å²) in [5.74, 6) is 0. The number of carbonyl (C=O) groups is 1. The fraction of sp³-hybridized carbons (Fsp3) is 0.533. The first kappa shape index (κ1) is 15.5. The van der Waals surface area contributed by atoms with Crippen LogP contribution >= 0.6 is 0 Å². The van der Waals surface area contributed by atoms with Gasteiger partial charge in [0.05, 0.1) is 6.10 Å². The van der Waals surface area contributed by atoms with Gasteiger partial charge in [0.2, 0.25) is 0 Å². The molecule has 2 amide bonds. The number of aliphatic hydroxyl groups is 1. The van der Waals surface area contributed by atoms with E-state index in [-0.39, 0.29) is 18.6 Å². The van der Waals surface area contributed by atoms with E-state index in [4.69, 9.17) is 5.11 Å². The summed E-state index contributed by atoms with van der Waals surface area (Å²) in [6.07, 6.45) is 1.16. The first-order valence-corrected chi connectivity index (χ1v) is 6.79. The minimum Gasteiger partial charge on any atom is -0.392 e. The number of nitrogens with one attached hydrogen (secondary N) is 2. The summed E-state index contributed by atoms with van der Waals surface area (Å²) in [6, 6.07) is 8.22. The average Bonchev–Trinajstić information content (AvgIpc) is 2.38. The van der Waals surface area contributed by atoms with Crippen LogP contribution in [-0.4, -0.2) is 29.8 Å². The molecule has 1 rings (SSSR count). The molecule has 0 radical (unpaired) electrons. The van der Waals surface area contributed by atoms with Gasteiger partial charge in [-0.1, -0.05) is 36.8 Å². The fourth-order valence-electron chi connectivity index (χ4n) is 1.78. The van der Waals surface area contributed by atoms with Crippen LogP contribution in [0.25, 0.3) is 0 Å². The molecule has 4 nitrogen and oxygen atoms in total. The summed E-state index contributed by atoms with van der Waals surface area (Å²) in [4.78, 5) is 11.6. The molecule has 1 aromatic rings. The van der Waals surface area contributed by atoms with E-state index < -0.39 is 6.10 Å². The van der Waals surface area contributed by atoms with Crippen LogP contribution in [0.4, 0.5) is 4.79 Å². The Kier molecular flexibility index (Phi) is 6.36. The zero-order valence-corrected chi connectivity index (χ0v) is 11.9. The third kappa shape index (κ3) is 6.25. The van der Waals surface area contributed by atoms with Gasteiger partial charge < -0.3 is 15.7 Å². The number of aryl methyl sites for hydroxylation is 1. The Bertz CT molecular complexity index is 388. The molecule has 0 unspecified atom stereocenters. The van der Waals surface area contributed by atoms with Gasteiger partial charge in [-0.15, -0.1) is 0 Å². The highest BCUT2D eigenvalue weighted by molar-refractivity contribution is 5.74. The molecule has 0 aromatic heterocycles. The van der Waals surface area contributed by atoms with Crippen LogP contribution in [0.15, 0.2) is 24.3 Å². The summed E-state index contributed by atoms with van der Waals surface area (Å²) < 4.78 is 0. The second-order valence-corrected chi connectivity index (χ2v) is 5.00. The molecule has 0 aliphatic carbocycles. The van der Waals surface area contributed by atoms with Crippen molar-refractivity contribution < 1.29 is 9.90 Å². The van der Waals surface area contributed by atoms with E-state index in [1.807, 2.05) is 6.92 Å². The topological polar surface area (TPSA) is 61.4 Å². The Balaban J connectivity index is 2.45. The highest BCUT2D eigenvalue weighted by atomic mass is 16.3. The number of rotatable bonds is 6. The van der Waals surface area contributed by atoms with Crippen LogP contribution in [0.3, 0.4) is 0 Å². The monoisotopic (exact) mass is 264 g/mol. The Labute approximate surface area is 115 Å². The van der Waals surface area contributed by atoms with Crippen molar-refractivity contribution in [2.75, 3.05) is 6.54 Å². The largest absolute Gasteiger partial charge is 0.392 e. The number of amides is 2. The van der Waals surface area contributed by atoms with Crippen molar-refractivity contribution >= 4 is 6.03 Å². The van der Waals surface area contributed by atoms with Gasteiger partial charge in [-0.2, -0.15) is 0 Å². The van der Waals surface area contributed by atoms with Gasteiger partial charge in [-0.05, 0) is 32.3 Å². The summed E-state index contributed by atoms with van der Waals surface area (Å²) in [6.45, 7) is 6.02. The van der Waals surface area contributed by atoms with Gasteiger partial charge in [-0.3, -0.25) is 0 Å². The second kappa shape index (κ2) is 7.79. The maximum absolute atomic E-state index is 11.6. The van der Waals surface area contributed by atoms with Gasteiger partial charge in [-0.25, -0.2) is 4.79 Å². The van der Waals surface area contributed by atoms with Crippen LogP contribution in [0, 0.1) is 6.92 Å². The minimum absolute atomic E-state index is 0.108. The normalized spacial score (nSPS) is 13.7. The van der Waals surface area contributed by atoms with Crippen molar-refractivity contribution in [3.8, 4) is 0 Å². The van der Waals surface area contributed by atoms with Crippen LogP contribution in [0.1, 0.15) is 31.4 Å². The van der Waals surface area contributed by atoms with E-state index in [1.165, 1.54) is 11.1 Å². The molecule has 0 saturated heterocycles. The summed E-state index contributed by atoms with van der Waals surface area (Å²) >= 11 is 0. The molecule has 0 fully saturated rings. The molecule has 3 N–H and O–H groups in total. The Morgan fingerprint density at radius 3 is 2.47 bits per heavy atom. The van der Waals surface area contributed by atoms with E-state index in [0.29, 0.717) is 0 Å². The lowest BCUT2D eigenvalue weighted by Gasteiger charge is -2.18. The van der Waals surface area contributed by atoms with Crippen LogP contribution in [-0.2, 0) is 6.42 Å². The maximum Gasteiger partial charge on any atom is 0.315 e. The van der Waals surface area contributed by atoms with Gasteiger partial charge in [0.25, 0.3) is 0 Å². The minimum atomic E-state index is -0.525. The molecule has 4 heteroatoms. The van der Waals surface area contributed by atoms with Crippen LogP contribution < -0.4 is 10.6 Å². The summed E-state index contributed by atoms with van der Waals surface area (Å²) in [5.41, 5.74) is 2.45. The lowest BCUT2D eigenvalue weighted by atomic mass is 10.0. The number of carbonyl (C=O) groups excluding carboxylic acids is 1. The van der Waals surface area contributed by atoms with E-state index in [2.05, 4.69) is 41.8 Å². The molecular formula is C15H24N2O2. The van der Waals surface area contributed by atoms with Crippen molar-refractivity contribution in [2.45, 2.75) is 45.8 Å². The molecule has 0 aliphatic rings. The van der Waals surface area contributed by atoms with Crippen LogP contribution in [0.5, 0.6) is 0 Å². The number of hydrogen-bond donors (Lipinski definition) is 3. The van der Waals surface area contributed by atoms with E-state index in [0.717, 1.165) is 12.8 Å². The van der Waals surface area contributed by atoms with Gasteiger partial charge in [0.15, 0.2) is 0 Å². The SMILES string of the molecule is CC[C@H](Cc1ccc(C)cc1)NC(=O)NC[C@H](C)O. The lowest BCUT2D eigenvalue weighted by Crippen LogP contribution is -2.44. The predicted octanol–water partition coefficient (Wildman–Crippen LogP) is 2.00. The summed E-state index contributed by atoms with van der Waals surface area (Å²) in [5, 5.41) is 14.7. The van der Waals surface area contributed by atoms with E-state index >= 15 is 0 Å². The molecule has 19 heavy (non-hydrogen) atoms.